The standard InChI is InChI=1S/C35H34BrIN2O7S/c1-7-44-34(41)30-20(4)38-35-39(31(30)22-10-13-26(46-19(2)3)27(15-22)42-5)33(40)29(47-35)16-23-14-25(37)17-28(43-6)32(23)45-18-21-8-11-24(36)12-9-21/h8-17,19,31H,7,18H2,1-6H3/b29-16+/t31-/m0/s1. The maximum absolute atomic E-state index is 14.3. The molecular formula is C35H34BrIN2O7S. The molecule has 12 heteroatoms. The lowest BCUT2D eigenvalue weighted by molar-refractivity contribution is -0.139. The van der Waals surface area contributed by atoms with Gasteiger partial charge in [-0.05, 0) is 104 Å². The monoisotopic (exact) mass is 832 g/mol. The smallest absolute Gasteiger partial charge is 0.338 e. The molecule has 0 N–H and O–H groups in total. The second-order valence-electron chi connectivity index (χ2n) is 10.8. The fourth-order valence-electron chi connectivity index (χ4n) is 5.19. The number of methoxy groups -OCH3 is 2. The predicted octanol–water partition coefficient (Wildman–Crippen LogP) is 6.55. The van der Waals surface area contributed by atoms with Crippen molar-refractivity contribution in [1.82, 2.24) is 4.57 Å². The number of thiazole rings is 1. The van der Waals surface area contributed by atoms with Crippen LogP contribution in [0.2, 0.25) is 0 Å². The van der Waals surface area contributed by atoms with E-state index in [1.165, 1.54) is 11.3 Å². The summed E-state index contributed by atoms with van der Waals surface area (Å²) in [6.07, 6.45) is 1.71. The van der Waals surface area contributed by atoms with Gasteiger partial charge in [-0.15, -0.1) is 0 Å². The second-order valence-corrected chi connectivity index (χ2v) is 14.0. The van der Waals surface area contributed by atoms with Crippen molar-refractivity contribution in [1.29, 1.82) is 0 Å². The Morgan fingerprint density at radius 1 is 1.06 bits per heavy atom. The molecule has 0 spiro atoms. The average Bonchev–Trinajstić information content (AvgIpc) is 3.34. The Morgan fingerprint density at radius 3 is 2.45 bits per heavy atom. The van der Waals surface area contributed by atoms with Gasteiger partial charge in [0.2, 0.25) is 0 Å². The zero-order valence-electron chi connectivity index (χ0n) is 26.8. The Labute approximate surface area is 298 Å². The average molecular weight is 834 g/mol. The molecule has 0 amide bonds. The van der Waals surface area contributed by atoms with Crippen LogP contribution in [0.5, 0.6) is 23.0 Å². The van der Waals surface area contributed by atoms with Crippen LogP contribution in [0.15, 0.2) is 80.1 Å². The fourth-order valence-corrected chi connectivity index (χ4v) is 7.11. The van der Waals surface area contributed by atoms with Crippen LogP contribution in [0.25, 0.3) is 6.08 Å². The molecule has 47 heavy (non-hydrogen) atoms. The van der Waals surface area contributed by atoms with E-state index < -0.39 is 12.0 Å². The van der Waals surface area contributed by atoms with Gasteiger partial charge in [0.1, 0.15) is 6.61 Å². The van der Waals surface area contributed by atoms with Crippen molar-refractivity contribution in [2.24, 2.45) is 4.99 Å². The van der Waals surface area contributed by atoms with Crippen molar-refractivity contribution in [3.63, 3.8) is 0 Å². The van der Waals surface area contributed by atoms with E-state index in [0.717, 1.165) is 13.6 Å². The SMILES string of the molecule is CCOC(=O)C1=C(C)N=c2s/c(=C/c3cc(I)cc(OC)c3OCc3ccc(Br)cc3)c(=O)n2[C@H]1c1ccc(OC(C)C)c(OC)c1. The summed E-state index contributed by atoms with van der Waals surface area (Å²) >= 11 is 6.91. The van der Waals surface area contributed by atoms with E-state index in [4.69, 9.17) is 28.7 Å². The number of halogens is 2. The highest BCUT2D eigenvalue weighted by molar-refractivity contribution is 14.1. The molecule has 0 radical (unpaired) electrons. The molecule has 0 saturated carbocycles. The summed E-state index contributed by atoms with van der Waals surface area (Å²) in [5.74, 6) is 1.55. The van der Waals surface area contributed by atoms with Crippen LogP contribution in [0.4, 0.5) is 0 Å². The van der Waals surface area contributed by atoms with Crippen molar-refractivity contribution >= 4 is 61.9 Å². The number of esters is 1. The van der Waals surface area contributed by atoms with Crippen LogP contribution in [0.1, 0.15) is 50.4 Å². The van der Waals surface area contributed by atoms with Crippen LogP contribution in [0.3, 0.4) is 0 Å². The van der Waals surface area contributed by atoms with E-state index in [1.54, 1.807) is 50.8 Å². The number of hydrogen-bond acceptors (Lipinski definition) is 9. The molecule has 0 aliphatic carbocycles. The number of nitrogens with zero attached hydrogens (tertiary/aromatic N) is 2. The highest BCUT2D eigenvalue weighted by Gasteiger charge is 2.34. The number of carbonyl (C=O) groups is 1. The molecule has 3 aromatic carbocycles. The summed E-state index contributed by atoms with van der Waals surface area (Å²) < 4.78 is 32.9. The number of fused-ring (bicyclic) bond motifs is 1. The summed E-state index contributed by atoms with van der Waals surface area (Å²) in [5.41, 5.74) is 2.73. The summed E-state index contributed by atoms with van der Waals surface area (Å²) in [6, 6.07) is 16.3. The van der Waals surface area contributed by atoms with Gasteiger partial charge in [-0.2, -0.15) is 0 Å². The lowest BCUT2D eigenvalue weighted by Gasteiger charge is -2.25. The molecule has 0 fully saturated rings. The number of hydrogen-bond donors (Lipinski definition) is 0. The molecule has 2 heterocycles. The zero-order valence-corrected chi connectivity index (χ0v) is 31.3. The van der Waals surface area contributed by atoms with Gasteiger partial charge in [-0.1, -0.05) is 45.5 Å². The van der Waals surface area contributed by atoms with E-state index in [0.29, 0.717) is 55.8 Å². The molecule has 4 aromatic rings. The normalized spacial score (nSPS) is 14.5. The molecular weight excluding hydrogens is 799 g/mol. The molecule has 9 nitrogen and oxygen atoms in total. The number of aromatic nitrogens is 1. The van der Waals surface area contributed by atoms with E-state index in [-0.39, 0.29) is 23.8 Å². The van der Waals surface area contributed by atoms with Gasteiger partial charge < -0.3 is 23.7 Å². The third kappa shape index (κ3) is 7.60. The van der Waals surface area contributed by atoms with Crippen molar-refractivity contribution < 1.29 is 28.5 Å². The largest absolute Gasteiger partial charge is 0.493 e. The molecule has 1 atom stereocenters. The minimum atomic E-state index is -0.812. The number of rotatable bonds is 11. The first-order valence-corrected chi connectivity index (χ1v) is 17.5. The van der Waals surface area contributed by atoms with Crippen molar-refractivity contribution in [2.45, 2.75) is 46.4 Å². The number of allylic oxidation sites excluding steroid dienone is 1. The maximum atomic E-state index is 14.3. The molecule has 0 saturated heterocycles. The highest BCUT2D eigenvalue weighted by atomic mass is 127. The third-order valence-corrected chi connectivity index (χ3v) is 9.37. The van der Waals surface area contributed by atoms with Gasteiger partial charge >= 0.3 is 5.97 Å². The van der Waals surface area contributed by atoms with Crippen LogP contribution < -0.4 is 33.8 Å². The maximum Gasteiger partial charge on any atom is 0.338 e. The Bertz CT molecular complexity index is 2020. The summed E-state index contributed by atoms with van der Waals surface area (Å²) in [7, 11) is 3.14. The van der Waals surface area contributed by atoms with E-state index in [2.05, 4.69) is 38.5 Å². The summed E-state index contributed by atoms with van der Waals surface area (Å²) in [4.78, 5) is 32.9. The van der Waals surface area contributed by atoms with Gasteiger partial charge in [0.25, 0.3) is 5.56 Å². The van der Waals surface area contributed by atoms with Gasteiger partial charge in [-0.3, -0.25) is 9.36 Å². The molecule has 5 rings (SSSR count). The van der Waals surface area contributed by atoms with Crippen molar-refractivity contribution in [2.75, 3.05) is 20.8 Å². The quantitative estimate of drug-likeness (QED) is 0.125. The van der Waals surface area contributed by atoms with Crippen LogP contribution in [-0.2, 0) is 16.1 Å². The minimum Gasteiger partial charge on any atom is -0.493 e. The van der Waals surface area contributed by atoms with Gasteiger partial charge in [-0.25, -0.2) is 9.79 Å². The predicted molar refractivity (Wildman–Crippen MR) is 193 cm³/mol. The van der Waals surface area contributed by atoms with Crippen molar-refractivity contribution in [3.8, 4) is 23.0 Å². The molecule has 1 aliphatic heterocycles. The molecule has 1 aromatic heterocycles. The first-order chi connectivity index (χ1) is 22.5. The minimum absolute atomic E-state index is 0.0759. The zero-order chi connectivity index (χ0) is 33.8. The Balaban J connectivity index is 1.67. The van der Waals surface area contributed by atoms with Crippen LogP contribution >= 0.6 is 49.9 Å². The molecule has 246 valence electrons. The molecule has 0 bridgehead atoms. The van der Waals surface area contributed by atoms with Gasteiger partial charge in [0, 0.05) is 13.6 Å². The van der Waals surface area contributed by atoms with Crippen molar-refractivity contribution in [3.05, 3.63) is 110 Å². The fraction of sp³-hybridized carbons (Fsp3) is 0.286. The first-order valence-electron chi connectivity index (χ1n) is 14.8. The number of ether oxygens (including phenoxy) is 5. The lowest BCUT2D eigenvalue weighted by Crippen LogP contribution is -2.40. The van der Waals surface area contributed by atoms with Gasteiger partial charge in [0.15, 0.2) is 27.8 Å². The topological polar surface area (TPSA) is 97.6 Å². The number of benzene rings is 3. The Hall–Kier alpha value is -3.62. The highest BCUT2D eigenvalue weighted by Crippen LogP contribution is 2.37. The third-order valence-electron chi connectivity index (χ3n) is 7.23. The molecule has 1 aliphatic rings. The van der Waals surface area contributed by atoms with Gasteiger partial charge in [0.05, 0.1) is 48.8 Å². The Morgan fingerprint density at radius 2 is 1.79 bits per heavy atom. The number of carbonyl (C=O) groups excluding carboxylic acids is 1. The first kappa shape index (κ1) is 34.7. The van der Waals surface area contributed by atoms with E-state index in [9.17, 15) is 9.59 Å². The lowest BCUT2D eigenvalue weighted by atomic mass is 9.95. The molecule has 0 unspecified atom stereocenters. The van der Waals surface area contributed by atoms with E-state index >= 15 is 0 Å². The second kappa shape index (κ2) is 15.1. The summed E-state index contributed by atoms with van der Waals surface area (Å²) in [5, 5.41) is 0. The Kier molecular flexibility index (Phi) is 11.1. The summed E-state index contributed by atoms with van der Waals surface area (Å²) in [6.45, 7) is 7.82. The van der Waals surface area contributed by atoms with Crippen LogP contribution in [-0.4, -0.2) is 37.5 Å². The van der Waals surface area contributed by atoms with E-state index in [1.807, 2.05) is 56.3 Å². The van der Waals surface area contributed by atoms with Crippen LogP contribution in [0, 0.1) is 3.57 Å².